The van der Waals surface area contributed by atoms with Crippen LogP contribution in [0.2, 0.25) is 5.02 Å². The van der Waals surface area contributed by atoms with Crippen molar-refractivity contribution in [2.75, 3.05) is 0 Å². The Labute approximate surface area is 179 Å². The second kappa shape index (κ2) is 9.09. The second-order valence-electron chi connectivity index (χ2n) is 6.34. The number of nitro benzene ring substituents is 1. The third kappa shape index (κ3) is 5.06. The minimum atomic E-state index is -0.836. The van der Waals surface area contributed by atoms with Crippen LogP contribution in [-0.4, -0.2) is 31.8 Å². The molecule has 0 saturated carbocycles. The fraction of sp³-hybridized carbons (Fsp3) is 0.0500. The number of nitro groups is 1. The van der Waals surface area contributed by atoms with Crippen molar-refractivity contribution in [3.63, 3.8) is 0 Å². The number of hydrogen-bond donors (Lipinski definition) is 3. The molecule has 11 heteroatoms. The van der Waals surface area contributed by atoms with Crippen molar-refractivity contribution in [1.82, 2.24) is 9.99 Å². The molecule has 0 bridgehead atoms. The number of hydrogen-bond acceptors (Lipinski definition) is 7. The topological polar surface area (TPSA) is 147 Å². The number of hydrazone groups is 1. The first kappa shape index (κ1) is 21.5. The fourth-order valence-corrected chi connectivity index (χ4v) is 2.80. The lowest BCUT2D eigenvalue weighted by atomic mass is 10.2. The van der Waals surface area contributed by atoms with E-state index in [1.165, 1.54) is 22.9 Å². The molecule has 3 N–H and O–H groups in total. The SMILES string of the molecule is O=C(N/N=C\c1cc([N+](=O)[O-])c(O)cc1O)c1cccn(Cc2ccc(Cl)cc2)c1=O. The molecule has 3 rings (SSSR count). The van der Waals surface area contributed by atoms with E-state index in [0.717, 1.165) is 23.9 Å². The van der Waals surface area contributed by atoms with E-state index in [2.05, 4.69) is 10.5 Å². The number of benzene rings is 2. The Morgan fingerprint density at radius 3 is 2.58 bits per heavy atom. The van der Waals surface area contributed by atoms with E-state index in [1.807, 2.05) is 0 Å². The minimum absolute atomic E-state index is 0.113. The lowest BCUT2D eigenvalue weighted by Crippen LogP contribution is -2.30. The summed E-state index contributed by atoms with van der Waals surface area (Å²) in [5, 5.41) is 34.3. The van der Waals surface area contributed by atoms with Gasteiger partial charge in [-0.25, -0.2) is 5.43 Å². The van der Waals surface area contributed by atoms with E-state index in [9.17, 15) is 29.9 Å². The number of phenolic OH excluding ortho intramolecular Hbond substituents is 2. The highest BCUT2D eigenvalue weighted by Gasteiger charge is 2.17. The number of pyridine rings is 1. The van der Waals surface area contributed by atoms with E-state index in [4.69, 9.17) is 11.6 Å². The molecule has 158 valence electrons. The van der Waals surface area contributed by atoms with Gasteiger partial charge in [0.2, 0.25) is 0 Å². The van der Waals surface area contributed by atoms with Gasteiger partial charge < -0.3 is 14.8 Å². The van der Waals surface area contributed by atoms with Gasteiger partial charge in [0.15, 0.2) is 5.75 Å². The average Bonchev–Trinajstić information content (AvgIpc) is 2.72. The molecule has 0 aliphatic heterocycles. The van der Waals surface area contributed by atoms with Gasteiger partial charge in [-0.2, -0.15) is 5.10 Å². The predicted molar refractivity (Wildman–Crippen MR) is 113 cm³/mol. The van der Waals surface area contributed by atoms with Crippen molar-refractivity contribution < 1.29 is 19.9 Å². The zero-order valence-electron chi connectivity index (χ0n) is 15.7. The molecule has 0 spiro atoms. The Balaban J connectivity index is 1.77. The highest BCUT2D eigenvalue weighted by atomic mass is 35.5. The molecule has 0 radical (unpaired) electrons. The van der Waals surface area contributed by atoms with Crippen molar-refractivity contribution in [2.45, 2.75) is 6.54 Å². The van der Waals surface area contributed by atoms with Crippen molar-refractivity contribution >= 4 is 29.4 Å². The number of nitrogens with one attached hydrogen (secondary N) is 1. The quantitative estimate of drug-likeness (QED) is 0.303. The maximum absolute atomic E-state index is 12.6. The molecule has 0 atom stereocenters. The average molecular weight is 443 g/mol. The Morgan fingerprint density at radius 2 is 1.90 bits per heavy atom. The number of aromatic hydroxyl groups is 2. The first-order valence-electron chi connectivity index (χ1n) is 8.74. The van der Waals surface area contributed by atoms with Gasteiger partial charge in [0, 0.05) is 28.9 Å². The van der Waals surface area contributed by atoms with Gasteiger partial charge in [-0.3, -0.25) is 19.7 Å². The lowest BCUT2D eigenvalue weighted by molar-refractivity contribution is -0.385. The van der Waals surface area contributed by atoms with Gasteiger partial charge in [-0.15, -0.1) is 0 Å². The molecule has 0 fully saturated rings. The fourth-order valence-electron chi connectivity index (χ4n) is 2.67. The second-order valence-corrected chi connectivity index (χ2v) is 6.77. The van der Waals surface area contributed by atoms with Gasteiger partial charge in [-0.05, 0) is 29.8 Å². The molecule has 1 heterocycles. The molecule has 1 amide bonds. The highest BCUT2D eigenvalue weighted by Crippen LogP contribution is 2.31. The largest absolute Gasteiger partial charge is 0.507 e. The molecule has 1 aromatic heterocycles. The summed E-state index contributed by atoms with van der Waals surface area (Å²) in [6, 6.07) is 11.4. The van der Waals surface area contributed by atoms with Crippen LogP contribution in [0.15, 0.2) is 64.6 Å². The molecule has 3 aromatic rings. The first-order valence-corrected chi connectivity index (χ1v) is 9.11. The molecule has 31 heavy (non-hydrogen) atoms. The number of carbonyl (C=O) groups is 1. The van der Waals surface area contributed by atoms with E-state index >= 15 is 0 Å². The Bertz CT molecular complexity index is 1240. The first-order chi connectivity index (χ1) is 14.8. The number of phenols is 2. The third-order valence-electron chi connectivity index (χ3n) is 4.22. The Hall–Kier alpha value is -4.18. The molecular weight excluding hydrogens is 428 g/mol. The summed E-state index contributed by atoms with van der Waals surface area (Å²) in [4.78, 5) is 35.0. The van der Waals surface area contributed by atoms with Crippen molar-refractivity contribution in [3.8, 4) is 11.5 Å². The van der Waals surface area contributed by atoms with Crippen LogP contribution in [0.25, 0.3) is 0 Å². The van der Waals surface area contributed by atoms with Crippen LogP contribution >= 0.6 is 11.6 Å². The highest BCUT2D eigenvalue weighted by molar-refractivity contribution is 6.30. The van der Waals surface area contributed by atoms with E-state index in [1.54, 1.807) is 24.3 Å². The summed E-state index contributed by atoms with van der Waals surface area (Å²) in [6.45, 7) is 0.228. The summed E-state index contributed by atoms with van der Waals surface area (Å²) >= 11 is 5.85. The van der Waals surface area contributed by atoms with E-state index < -0.39 is 33.6 Å². The summed E-state index contributed by atoms with van der Waals surface area (Å²) in [5.74, 6) is -2.00. The van der Waals surface area contributed by atoms with Crippen LogP contribution < -0.4 is 11.0 Å². The van der Waals surface area contributed by atoms with Gasteiger partial charge in [0.05, 0.1) is 17.7 Å². The van der Waals surface area contributed by atoms with Crippen LogP contribution in [-0.2, 0) is 6.54 Å². The van der Waals surface area contributed by atoms with Gasteiger partial charge in [-0.1, -0.05) is 23.7 Å². The third-order valence-corrected chi connectivity index (χ3v) is 4.47. The normalized spacial score (nSPS) is 10.9. The number of amides is 1. The summed E-state index contributed by atoms with van der Waals surface area (Å²) < 4.78 is 1.34. The van der Waals surface area contributed by atoms with Gasteiger partial charge >= 0.3 is 5.69 Å². The van der Waals surface area contributed by atoms with Crippen LogP contribution in [0.5, 0.6) is 11.5 Å². The van der Waals surface area contributed by atoms with Gasteiger partial charge in [0.1, 0.15) is 11.3 Å². The zero-order valence-corrected chi connectivity index (χ0v) is 16.5. The number of rotatable bonds is 6. The molecular formula is C20H15ClN4O6. The molecule has 0 saturated heterocycles. The minimum Gasteiger partial charge on any atom is -0.507 e. The molecule has 0 aliphatic carbocycles. The summed E-state index contributed by atoms with van der Waals surface area (Å²) in [7, 11) is 0. The lowest BCUT2D eigenvalue weighted by Gasteiger charge is -2.08. The molecule has 0 aliphatic rings. The maximum atomic E-state index is 12.6. The molecule has 0 unspecified atom stereocenters. The van der Waals surface area contributed by atoms with Crippen LogP contribution in [0, 0.1) is 10.1 Å². The zero-order chi connectivity index (χ0) is 22.5. The standard InChI is InChI=1S/C20H15ClN4O6/c21-14-5-3-12(4-6-14)11-24-7-1-2-15(20(24)29)19(28)23-22-10-13-8-16(25(30)31)18(27)9-17(13)26/h1-10,26-27H,11H2,(H,23,28)/b22-10-. The molecule has 10 nitrogen and oxygen atoms in total. The van der Waals surface area contributed by atoms with E-state index in [0.29, 0.717) is 5.02 Å². The number of nitrogens with zero attached hydrogens (tertiary/aromatic N) is 3. The van der Waals surface area contributed by atoms with Crippen molar-refractivity contribution in [2.24, 2.45) is 5.10 Å². The number of halogens is 1. The summed E-state index contributed by atoms with van der Waals surface area (Å²) in [5.41, 5.74) is 1.47. The van der Waals surface area contributed by atoms with Gasteiger partial charge in [0.25, 0.3) is 11.5 Å². The maximum Gasteiger partial charge on any atom is 0.311 e. The van der Waals surface area contributed by atoms with Crippen LogP contribution in [0.3, 0.4) is 0 Å². The van der Waals surface area contributed by atoms with Crippen molar-refractivity contribution in [1.29, 1.82) is 0 Å². The molecule has 2 aromatic carbocycles. The number of aromatic nitrogens is 1. The van der Waals surface area contributed by atoms with Crippen molar-refractivity contribution in [3.05, 3.63) is 96.9 Å². The summed E-state index contributed by atoms with van der Waals surface area (Å²) in [6.07, 6.45) is 2.49. The Morgan fingerprint density at radius 1 is 1.19 bits per heavy atom. The number of carbonyl (C=O) groups excluding carboxylic acids is 1. The van der Waals surface area contributed by atoms with E-state index in [-0.39, 0.29) is 17.7 Å². The monoisotopic (exact) mass is 442 g/mol. The Kier molecular flexibility index (Phi) is 6.32. The smallest absolute Gasteiger partial charge is 0.311 e. The van der Waals surface area contributed by atoms with Crippen LogP contribution in [0.1, 0.15) is 21.5 Å². The predicted octanol–water partition coefficient (Wildman–Crippen LogP) is 2.63. The van der Waals surface area contributed by atoms with Crippen LogP contribution in [0.4, 0.5) is 5.69 Å².